The van der Waals surface area contributed by atoms with Gasteiger partial charge in [0.05, 0.1) is 13.5 Å². The minimum Gasteiger partial charge on any atom is -0.496 e. The van der Waals surface area contributed by atoms with Crippen LogP contribution < -0.4 is 4.74 Å². The van der Waals surface area contributed by atoms with Crippen molar-refractivity contribution in [3.63, 3.8) is 0 Å². The Labute approximate surface area is 100.0 Å². The first kappa shape index (κ1) is 12.8. The van der Waals surface area contributed by atoms with Crippen LogP contribution in [0.3, 0.4) is 0 Å². The van der Waals surface area contributed by atoms with Gasteiger partial charge in [-0.15, -0.1) is 0 Å². The van der Waals surface area contributed by atoms with Crippen LogP contribution in [0.4, 0.5) is 0 Å². The van der Waals surface area contributed by atoms with E-state index >= 15 is 0 Å². The standard InChI is InChI=1S/C12H15ClO3/c1-3-8(6-12(14)15)10-7-9(13)4-5-11(10)16-2/h4-5,7-8H,3,6H2,1-2H3,(H,14,15). The summed E-state index contributed by atoms with van der Waals surface area (Å²) in [6, 6.07) is 5.27. The average molecular weight is 243 g/mol. The third-order valence-electron chi connectivity index (χ3n) is 2.55. The van der Waals surface area contributed by atoms with Gasteiger partial charge in [-0.05, 0) is 36.1 Å². The lowest BCUT2D eigenvalue weighted by Crippen LogP contribution is -2.07. The second-order valence-electron chi connectivity index (χ2n) is 3.59. The number of rotatable bonds is 5. The molecule has 0 amide bonds. The van der Waals surface area contributed by atoms with Crippen LogP contribution in [-0.2, 0) is 4.79 Å². The number of hydrogen-bond acceptors (Lipinski definition) is 2. The van der Waals surface area contributed by atoms with Crippen molar-refractivity contribution in [1.29, 1.82) is 0 Å². The zero-order valence-corrected chi connectivity index (χ0v) is 10.1. The third kappa shape index (κ3) is 3.14. The van der Waals surface area contributed by atoms with Gasteiger partial charge in [-0.2, -0.15) is 0 Å². The Kier molecular flexibility index (Phi) is 4.62. The quantitative estimate of drug-likeness (QED) is 0.862. The van der Waals surface area contributed by atoms with E-state index in [2.05, 4.69) is 0 Å². The molecule has 1 rings (SSSR count). The summed E-state index contributed by atoms with van der Waals surface area (Å²) in [7, 11) is 1.57. The topological polar surface area (TPSA) is 46.5 Å². The van der Waals surface area contributed by atoms with E-state index in [1.54, 1.807) is 25.3 Å². The average Bonchev–Trinajstić information content (AvgIpc) is 2.25. The van der Waals surface area contributed by atoms with Crippen LogP contribution in [0.2, 0.25) is 5.02 Å². The van der Waals surface area contributed by atoms with E-state index in [1.807, 2.05) is 6.92 Å². The minimum absolute atomic E-state index is 0.0638. The Balaban J connectivity index is 3.06. The molecule has 88 valence electrons. The molecule has 0 saturated heterocycles. The van der Waals surface area contributed by atoms with Crippen molar-refractivity contribution in [3.05, 3.63) is 28.8 Å². The van der Waals surface area contributed by atoms with Crippen molar-refractivity contribution in [1.82, 2.24) is 0 Å². The molecule has 0 aliphatic heterocycles. The molecule has 0 heterocycles. The molecule has 0 aliphatic carbocycles. The highest BCUT2D eigenvalue weighted by molar-refractivity contribution is 6.30. The van der Waals surface area contributed by atoms with Gasteiger partial charge >= 0.3 is 5.97 Å². The van der Waals surface area contributed by atoms with Gasteiger partial charge < -0.3 is 9.84 Å². The smallest absolute Gasteiger partial charge is 0.303 e. The van der Waals surface area contributed by atoms with Crippen LogP contribution in [0.5, 0.6) is 5.75 Å². The summed E-state index contributed by atoms with van der Waals surface area (Å²) in [5, 5.41) is 9.43. The molecule has 0 bridgehead atoms. The summed E-state index contributed by atoms with van der Waals surface area (Å²) in [6.45, 7) is 1.95. The Bertz CT molecular complexity index is 377. The molecule has 16 heavy (non-hydrogen) atoms. The number of ether oxygens (including phenoxy) is 1. The van der Waals surface area contributed by atoms with Gasteiger partial charge in [-0.1, -0.05) is 18.5 Å². The van der Waals surface area contributed by atoms with Crippen LogP contribution in [-0.4, -0.2) is 18.2 Å². The second kappa shape index (κ2) is 5.75. The molecule has 4 heteroatoms. The van der Waals surface area contributed by atoms with E-state index in [4.69, 9.17) is 21.4 Å². The molecule has 0 aliphatic rings. The van der Waals surface area contributed by atoms with E-state index in [1.165, 1.54) is 0 Å². The molecule has 1 aromatic carbocycles. The first-order valence-corrected chi connectivity index (χ1v) is 5.51. The maximum atomic E-state index is 10.8. The minimum atomic E-state index is -0.811. The number of benzene rings is 1. The van der Waals surface area contributed by atoms with Gasteiger partial charge in [0, 0.05) is 5.02 Å². The molecule has 0 spiro atoms. The molecule has 0 fully saturated rings. The Morgan fingerprint density at radius 3 is 2.75 bits per heavy atom. The van der Waals surface area contributed by atoms with E-state index in [-0.39, 0.29) is 12.3 Å². The number of methoxy groups -OCH3 is 1. The summed E-state index contributed by atoms with van der Waals surface area (Å²) in [4.78, 5) is 10.8. The number of hydrogen-bond donors (Lipinski definition) is 1. The van der Waals surface area contributed by atoms with Crippen LogP contribution >= 0.6 is 11.6 Å². The van der Waals surface area contributed by atoms with E-state index in [0.717, 1.165) is 12.0 Å². The predicted molar refractivity (Wildman–Crippen MR) is 63.3 cm³/mol. The molecule has 1 N–H and O–H groups in total. The molecule has 0 aromatic heterocycles. The maximum absolute atomic E-state index is 10.8. The van der Waals surface area contributed by atoms with Crippen molar-refractivity contribution < 1.29 is 14.6 Å². The highest BCUT2D eigenvalue weighted by Crippen LogP contribution is 2.33. The summed E-state index contributed by atoms with van der Waals surface area (Å²) in [6.07, 6.45) is 0.830. The zero-order chi connectivity index (χ0) is 12.1. The van der Waals surface area contributed by atoms with Crippen LogP contribution in [0.1, 0.15) is 31.2 Å². The van der Waals surface area contributed by atoms with Gasteiger partial charge in [0.25, 0.3) is 0 Å². The zero-order valence-electron chi connectivity index (χ0n) is 9.37. The van der Waals surface area contributed by atoms with Crippen LogP contribution in [0.25, 0.3) is 0 Å². The fraction of sp³-hybridized carbons (Fsp3) is 0.417. The van der Waals surface area contributed by atoms with E-state index < -0.39 is 5.97 Å². The predicted octanol–water partition coefficient (Wildman–Crippen LogP) is 3.32. The van der Waals surface area contributed by atoms with Gasteiger partial charge in [0.1, 0.15) is 5.75 Å². The SMILES string of the molecule is CCC(CC(=O)O)c1cc(Cl)ccc1OC. The lowest BCUT2D eigenvalue weighted by molar-refractivity contribution is -0.137. The largest absolute Gasteiger partial charge is 0.496 e. The normalized spacial score (nSPS) is 12.2. The first-order valence-electron chi connectivity index (χ1n) is 5.13. The summed E-state index contributed by atoms with van der Waals surface area (Å²) in [5.41, 5.74) is 0.861. The molecule has 3 nitrogen and oxygen atoms in total. The van der Waals surface area contributed by atoms with Gasteiger partial charge in [-0.3, -0.25) is 4.79 Å². The number of carboxylic acids is 1. The fourth-order valence-corrected chi connectivity index (χ4v) is 1.89. The Hall–Kier alpha value is -1.22. The Morgan fingerprint density at radius 1 is 1.56 bits per heavy atom. The first-order chi connectivity index (χ1) is 7.58. The van der Waals surface area contributed by atoms with Crippen molar-refractivity contribution >= 4 is 17.6 Å². The summed E-state index contributed by atoms with van der Waals surface area (Å²) < 4.78 is 5.21. The highest BCUT2D eigenvalue weighted by Gasteiger charge is 2.17. The van der Waals surface area contributed by atoms with Crippen molar-refractivity contribution in [2.45, 2.75) is 25.7 Å². The van der Waals surface area contributed by atoms with Crippen LogP contribution in [0, 0.1) is 0 Å². The molecule has 0 saturated carbocycles. The lowest BCUT2D eigenvalue weighted by Gasteiger charge is -2.16. The molecular weight excluding hydrogens is 228 g/mol. The maximum Gasteiger partial charge on any atom is 0.303 e. The lowest BCUT2D eigenvalue weighted by atomic mass is 9.92. The second-order valence-corrected chi connectivity index (χ2v) is 4.03. The molecule has 1 unspecified atom stereocenters. The van der Waals surface area contributed by atoms with Gasteiger partial charge in [0.15, 0.2) is 0 Å². The van der Waals surface area contributed by atoms with Crippen molar-refractivity contribution in [3.8, 4) is 5.75 Å². The molecule has 0 radical (unpaired) electrons. The van der Waals surface area contributed by atoms with Crippen molar-refractivity contribution in [2.75, 3.05) is 7.11 Å². The highest BCUT2D eigenvalue weighted by atomic mass is 35.5. The van der Waals surface area contributed by atoms with E-state index in [9.17, 15) is 4.79 Å². The van der Waals surface area contributed by atoms with Crippen molar-refractivity contribution in [2.24, 2.45) is 0 Å². The number of aliphatic carboxylic acids is 1. The van der Waals surface area contributed by atoms with Crippen LogP contribution in [0.15, 0.2) is 18.2 Å². The monoisotopic (exact) mass is 242 g/mol. The number of carbonyl (C=O) groups is 1. The van der Waals surface area contributed by atoms with Gasteiger partial charge in [0.2, 0.25) is 0 Å². The summed E-state index contributed by atoms with van der Waals surface area (Å²) >= 11 is 5.91. The van der Waals surface area contributed by atoms with Gasteiger partial charge in [-0.25, -0.2) is 0 Å². The third-order valence-corrected chi connectivity index (χ3v) is 2.78. The number of carboxylic acid groups (broad SMARTS) is 1. The van der Waals surface area contributed by atoms with E-state index in [0.29, 0.717) is 10.8 Å². The fourth-order valence-electron chi connectivity index (χ4n) is 1.71. The Morgan fingerprint density at radius 2 is 2.25 bits per heavy atom. The number of halogens is 1. The molecule has 1 aromatic rings. The molecule has 1 atom stereocenters. The molecular formula is C12H15ClO3. The summed E-state index contributed by atoms with van der Waals surface area (Å²) in [5.74, 6) is -0.183.